The zero-order valence-electron chi connectivity index (χ0n) is 15.8. The Labute approximate surface area is 164 Å². The maximum atomic E-state index is 14.5. The number of benzene rings is 3. The van der Waals surface area contributed by atoms with Gasteiger partial charge in [0.25, 0.3) is 5.91 Å². The summed E-state index contributed by atoms with van der Waals surface area (Å²) in [6.45, 7) is 2.05. The summed E-state index contributed by atoms with van der Waals surface area (Å²) in [6.07, 6.45) is 1.75. The van der Waals surface area contributed by atoms with E-state index in [0.29, 0.717) is 5.56 Å². The SMILES string of the molecule is CCC1(N)CC1c1ccc(NC(=O)c2ccc(-c3ccccc3)cc2)c(F)c1. The summed E-state index contributed by atoms with van der Waals surface area (Å²) < 4.78 is 14.5. The molecule has 3 aromatic carbocycles. The van der Waals surface area contributed by atoms with Crippen LogP contribution in [0, 0.1) is 5.82 Å². The fourth-order valence-electron chi connectivity index (χ4n) is 3.65. The van der Waals surface area contributed by atoms with E-state index in [1.165, 1.54) is 6.07 Å². The van der Waals surface area contributed by atoms with Crippen LogP contribution in [0.2, 0.25) is 0 Å². The molecule has 2 atom stereocenters. The van der Waals surface area contributed by atoms with Crippen LogP contribution in [0.4, 0.5) is 10.1 Å². The van der Waals surface area contributed by atoms with Crippen LogP contribution in [0.25, 0.3) is 11.1 Å². The molecular weight excluding hydrogens is 351 g/mol. The Hall–Kier alpha value is -2.98. The smallest absolute Gasteiger partial charge is 0.255 e. The van der Waals surface area contributed by atoms with Crippen molar-refractivity contribution in [1.82, 2.24) is 0 Å². The highest BCUT2D eigenvalue weighted by Gasteiger charge is 2.50. The molecule has 28 heavy (non-hydrogen) atoms. The largest absolute Gasteiger partial charge is 0.325 e. The van der Waals surface area contributed by atoms with Crippen molar-refractivity contribution in [2.75, 3.05) is 5.32 Å². The molecular formula is C24H23FN2O. The highest BCUT2D eigenvalue weighted by atomic mass is 19.1. The van der Waals surface area contributed by atoms with Gasteiger partial charge in [0.1, 0.15) is 5.82 Å². The molecule has 1 aliphatic rings. The van der Waals surface area contributed by atoms with Crippen LogP contribution in [-0.4, -0.2) is 11.4 Å². The van der Waals surface area contributed by atoms with Crippen LogP contribution in [-0.2, 0) is 0 Å². The van der Waals surface area contributed by atoms with Gasteiger partial charge in [-0.1, -0.05) is 55.5 Å². The first-order valence-corrected chi connectivity index (χ1v) is 9.55. The number of nitrogens with two attached hydrogens (primary N) is 1. The third-order valence-electron chi connectivity index (χ3n) is 5.67. The fourth-order valence-corrected chi connectivity index (χ4v) is 3.65. The second-order valence-corrected chi connectivity index (χ2v) is 7.48. The van der Waals surface area contributed by atoms with Gasteiger partial charge in [0.15, 0.2) is 0 Å². The zero-order valence-corrected chi connectivity index (χ0v) is 15.8. The summed E-state index contributed by atoms with van der Waals surface area (Å²) in [5.41, 5.74) is 9.69. The summed E-state index contributed by atoms with van der Waals surface area (Å²) in [7, 11) is 0. The molecule has 1 amide bonds. The lowest BCUT2D eigenvalue weighted by molar-refractivity contribution is 0.102. The Morgan fingerprint density at radius 2 is 1.75 bits per heavy atom. The third-order valence-corrected chi connectivity index (χ3v) is 5.67. The van der Waals surface area contributed by atoms with E-state index in [0.717, 1.165) is 29.5 Å². The minimum absolute atomic E-state index is 0.181. The van der Waals surface area contributed by atoms with Gasteiger partial charge in [0.05, 0.1) is 5.69 Å². The Morgan fingerprint density at radius 3 is 2.36 bits per heavy atom. The number of nitrogens with one attached hydrogen (secondary N) is 1. The number of halogens is 1. The normalized spacial score (nSPS) is 20.6. The van der Waals surface area contributed by atoms with E-state index in [9.17, 15) is 9.18 Å². The van der Waals surface area contributed by atoms with Gasteiger partial charge >= 0.3 is 0 Å². The van der Waals surface area contributed by atoms with Crippen molar-refractivity contribution >= 4 is 11.6 Å². The second-order valence-electron chi connectivity index (χ2n) is 7.48. The first kappa shape index (κ1) is 18.4. The number of rotatable bonds is 5. The van der Waals surface area contributed by atoms with Crippen molar-refractivity contribution in [3.8, 4) is 11.1 Å². The number of carbonyl (C=O) groups excluding carboxylic acids is 1. The minimum Gasteiger partial charge on any atom is -0.325 e. The summed E-state index contributed by atoms with van der Waals surface area (Å²) in [5, 5.41) is 2.66. The van der Waals surface area contributed by atoms with Gasteiger partial charge in [-0.05, 0) is 53.8 Å². The van der Waals surface area contributed by atoms with Gasteiger partial charge < -0.3 is 11.1 Å². The topological polar surface area (TPSA) is 55.1 Å². The molecule has 0 heterocycles. The Morgan fingerprint density at radius 1 is 1.07 bits per heavy atom. The van der Waals surface area contributed by atoms with Gasteiger partial charge in [0, 0.05) is 17.0 Å². The highest BCUT2D eigenvalue weighted by Crippen LogP contribution is 2.51. The van der Waals surface area contributed by atoms with E-state index in [1.54, 1.807) is 18.2 Å². The second kappa shape index (κ2) is 7.21. The molecule has 3 nitrogen and oxygen atoms in total. The lowest BCUT2D eigenvalue weighted by atomic mass is 10.0. The Kier molecular flexibility index (Phi) is 4.73. The molecule has 1 aliphatic carbocycles. The molecule has 0 aromatic heterocycles. The summed E-state index contributed by atoms with van der Waals surface area (Å²) in [5.74, 6) is -0.571. The molecule has 4 rings (SSSR count). The van der Waals surface area contributed by atoms with Crippen molar-refractivity contribution in [2.24, 2.45) is 5.73 Å². The van der Waals surface area contributed by atoms with E-state index in [-0.39, 0.29) is 23.1 Å². The molecule has 1 fully saturated rings. The van der Waals surface area contributed by atoms with Gasteiger partial charge in [-0.3, -0.25) is 4.79 Å². The molecule has 0 radical (unpaired) electrons. The molecule has 1 saturated carbocycles. The van der Waals surface area contributed by atoms with Crippen LogP contribution >= 0.6 is 0 Å². The number of anilines is 1. The molecule has 0 aliphatic heterocycles. The first-order valence-electron chi connectivity index (χ1n) is 9.55. The lowest BCUT2D eigenvalue weighted by Gasteiger charge is -2.11. The van der Waals surface area contributed by atoms with E-state index >= 15 is 0 Å². The van der Waals surface area contributed by atoms with Crippen LogP contribution in [0.5, 0.6) is 0 Å². The molecule has 0 bridgehead atoms. The predicted molar refractivity (Wildman–Crippen MR) is 111 cm³/mol. The van der Waals surface area contributed by atoms with Crippen LogP contribution in [0.1, 0.15) is 41.6 Å². The summed E-state index contributed by atoms with van der Waals surface area (Å²) in [4.78, 5) is 12.5. The third kappa shape index (κ3) is 3.56. The quantitative estimate of drug-likeness (QED) is 0.633. The monoisotopic (exact) mass is 374 g/mol. The number of hydrogen-bond acceptors (Lipinski definition) is 2. The number of carbonyl (C=O) groups is 1. The van der Waals surface area contributed by atoms with E-state index in [4.69, 9.17) is 5.73 Å². The van der Waals surface area contributed by atoms with Crippen molar-refractivity contribution in [1.29, 1.82) is 0 Å². The van der Waals surface area contributed by atoms with Gasteiger partial charge in [0.2, 0.25) is 0 Å². The highest BCUT2D eigenvalue weighted by molar-refractivity contribution is 6.04. The summed E-state index contributed by atoms with van der Waals surface area (Å²) >= 11 is 0. The average molecular weight is 374 g/mol. The summed E-state index contributed by atoms with van der Waals surface area (Å²) in [6, 6.07) is 22.2. The average Bonchev–Trinajstić information content (AvgIpc) is 3.42. The number of hydrogen-bond donors (Lipinski definition) is 2. The molecule has 142 valence electrons. The zero-order chi connectivity index (χ0) is 19.7. The van der Waals surface area contributed by atoms with Gasteiger partial charge in [-0.15, -0.1) is 0 Å². The van der Waals surface area contributed by atoms with E-state index in [1.807, 2.05) is 55.5 Å². The first-order chi connectivity index (χ1) is 13.5. The molecule has 3 N–H and O–H groups in total. The maximum absolute atomic E-state index is 14.5. The molecule has 0 saturated heterocycles. The standard InChI is InChI=1S/C24H23FN2O/c1-2-24(26)15-20(24)19-12-13-22(21(25)14-19)27-23(28)18-10-8-17(9-11-18)16-6-4-3-5-7-16/h3-14,20H,2,15,26H2,1H3,(H,27,28). The van der Waals surface area contributed by atoms with E-state index < -0.39 is 5.82 Å². The Balaban J connectivity index is 1.46. The van der Waals surface area contributed by atoms with Crippen molar-refractivity contribution in [3.63, 3.8) is 0 Å². The van der Waals surface area contributed by atoms with E-state index in [2.05, 4.69) is 5.32 Å². The van der Waals surface area contributed by atoms with Gasteiger partial charge in [-0.25, -0.2) is 4.39 Å². The molecule has 4 heteroatoms. The Bertz CT molecular complexity index is 1000. The fraction of sp³-hybridized carbons (Fsp3) is 0.208. The van der Waals surface area contributed by atoms with Crippen LogP contribution in [0.15, 0.2) is 72.8 Å². The molecule has 0 spiro atoms. The lowest BCUT2D eigenvalue weighted by Crippen LogP contribution is -2.22. The van der Waals surface area contributed by atoms with Gasteiger partial charge in [-0.2, -0.15) is 0 Å². The maximum Gasteiger partial charge on any atom is 0.255 e. The predicted octanol–water partition coefficient (Wildman–Crippen LogP) is 5.34. The van der Waals surface area contributed by atoms with Crippen molar-refractivity contribution in [3.05, 3.63) is 89.7 Å². The van der Waals surface area contributed by atoms with Crippen molar-refractivity contribution < 1.29 is 9.18 Å². The minimum atomic E-state index is -0.433. The molecule has 2 unspecified atom stereocenters. The van der Waals surface area contributed by atoms with Crippen molar-refractivity contribution in [2.45, 2.75) is 31.2 Å². The number of amides is 1. The van der Waals surface area contributed by atoms with Crippen LogP contribution in [0.3, 0.4) is 0 Å². The van der Waals surface area contributed by atoms with Crippen LogP contribution < -0.4 is 11.1 Å². The molecule has 3 aromatic rings.